The third-order valence-electron chi connectivity index (χ3n) is 8.00. The van der Waals surface area contributed by atoms with Crippen LogP contribution in [0, 0.1) is 17.8 Å². The highest BCUT2D eigenvalue weighted by molar-refractivity contribution is 7.09. The molecule has 0 aromatic carbocycles. The molecule has 15 heteroatoms. The van der Waals surface area contributed by atoms with Crippen molar-refractivity contribution in [2.75, 3.05) is 7.05 Å². The van der Waals surface area contributed by atoms with Crippen molar-refractivity contribution >= 4 is 35.1 Å². The van der Waals surface area contributed by atoms with Crippen LogP contribution in [0.4, 0.5) is 13.2 Å². The summed E-state index contributed by atoms with van der Waals surface area (Å²) in [6.07, 6.45) is -0.400. The summed E-state index contributed by atoms with van der Waals surface area (Å²) in [4.78, 5) is 63.4. The Morgan fingerprint density at radius 2 is 1.78 bits per heavy atom. The molecule has 45 heavy (non-hydrogen) atoms. The Hall–Kier alpha value is -3.62. The number of aromatic nitrogens is 3. The van der Waals surface area contributed by atoms with Gasteiger partial charge in [0.1, 0.15) is 16.5 Å². The van der Waals surface area contributed by atoms with E-state index in [0.717, 1.165) is 30.6 Å². The fraction of sp³-hybridized carbons (Fsp3) is 0.633. The Bertz CT molecular complexity index is 1330. The molecule has 1 saturated carbocycles. The number of nitrogens with one attached hydrogen (secondary N) is 1. The zero-order valence-corrected chi connectivity index (χ0v) is 26.8. The Morgan fingerprint density at radius 3 is 2.29 bits per heavy atom. The SMILES string of the molecule is CC(=O)O[C@H](CC(C(C)C)N(C)C(=O)CC1CCC1)c1nc(C(=O)N[C@@H](Cc2ncc(C(F)(F)F)cn2)C[C@H](C)C(=O)O)cs1. The van der Waals surface area contributed by atoms with E-state index in [1.54, 1.807) is 11.9 Å². The fourth-order valence-corrected chi connectivity index (χ4v) is 5.96. The van der Waals surface area contributed by atoms with Crippen LogP contribution >= 0.6 is 11.3 Å². The zero-order chi connectivity index (χ0) is 33.5. The number of hydrogen-bond donors (Lipinski definition) is 2. The molecule has 1 aliphatic carbocycles. The average Bonchev–Trinajstić information content (AvgIpc) is 3.42. The summed E-state index contributed by atoms with van der Waals surface area (Å²) in [7, 11) is 1.75. The van der Waals surface area contributed by atoms with Crippen LogP contribution in [-0.2, 0) is 31.7 Å². The highest BCUT2D eigenvalue weighted by Gasteiger charge is 2.33. The minimum atomic E-state index is -4.62. The van der Waals surface area contributed by atoms with Crippen LogP contribution in [0.3, 0.4) is 0 Å². The minimum absolute atomic E-state index is 0.00418. The first-order chi connectivity index (χ1) is 21.0. The van der Waals surface area contributed by atoms with E-state index in [4.69, 9.17) is 4.74 Å². The van der Waals surface area contributed by atoms with Gasteiger partial charge in [0.25, 0.3) is 5.91 Å². The van der Waals surface area contributed by atoms with Gasteiger partial charge in [-0.25, -0.2) is 15.0 Å². The van der Waals surface area contributed by atoms with Gasteiger partial charge in [-0.3, -0.25) is 19.2 Å². The van der Waals surface area contributed by atoms with Crippen molar-refractivity contribution in [3.8, 4) is 0 Å². The van der Waals surface area contributed by atoms with Gasteiger partial charge in [-0.05, 0) is 31.1 Å². The summed E-state index contributed by atoms with van der Waals surface area (Å²) in [6.45, 7) is 6.66. The molecule has 11 nitrogen and oxygen atoms in total. The number of carbonyl (C=O) groups is 4. The maximum Gasteiger partial charge on any atom is 0.419 e. The molecule has 1 aliphatic rings. The maximum absolute atomic E-state index is 13.2. The summed E-state index contributed by atoms with van der Waals surface area (Å²) < 4.78 is 44.4. The molecule has 0 radical (unpaired) electrons. The molecule has 2 aromatic rings. The number of rotatable bonds is 15. The predicted octanol–water partition coefficient (Wildman–Crippen LogP) is 5.07. The van der Waals surface area contributed by atoms with Gasteiger partial charge in [0.05, 0.1) is 11.5 Å². The number of halogens is 3. The zero-order valence-electron chi connectivity index (χ0n) is 26.0. The van der Waals surface area contributed by atoms with Crippen molar-refractivity contribution < 1.29 is 42.2 Å². The van der Waals surface area contributed by atoms with Crippen LogP contribution in [0.2, 0.25) is 0 Å². The second kappa shape index (κ2) is 15.6. The van der Waals surface area contributed by atoms with Crippen LogP contribution < -0.4 is 5.32 Å². The smallest absolute Gasteiger partial charge is 0.419 e. The first-order valence-electron chi connectivity index (χ1n) is 14.8. The molecule has 248 valence electrons. The Labute approximate surface area is 264 Å². The van der Waals surface area contributed by atoms with E-state index in [0.29, 0.717) is 29.7 Å². The van der Waals surface area contributed by atoms with Crippen LogP contribution in [0.25, 0.3) is 0 Å². The standard InChI is InChI=1S/C30H40F3N5O6S/c1-16(2)23(38(5)26(40)10-19-7-6-8-19)12-24(44-18(4)39)28-37-22(15-45-28)27(41)36-21(9-17(3)29(42)43)11-25-34-13-20(14-35-25)30(31,32)33/h13-17,19,21,23-24H,6-12H2,1-5H3,(H,36,41)(H,42,43)/t17-,21+,23?,24+/m0/s1. The van der Waals surface area contributed by atoms with Gasteiger partial charge in [0.15, 0.2) is 6.10 Å². The molecule has 4 atom stereocenters. The van der Waals surface area contributed by atoms with Gasteiger partial charge in [-0.15, -0.1) is 11.3 Å². The maximum atomic E-state index is 13.2. The number of thiazole rings is 1. The van der Waals surface area contributed by atoms with Gasteiger partial charge in [0.2, 0.25) is 5.91 Å². The quantitative estimate of drug-likeness (QED) is 0.251. The molecule has 2 heterocycles. The number of alkyl halides is 3. The van der Waals surface area contributed by atoms with Crippen molar-refractivity contribution in [3.63, 3.8) is 0 Å². The Balaban J connectivity index is 1.77. The van der Waals surface area contributed by atoms with Crippen LogP contribution in [0.15, 0.2) is 17.8 Å². The first-order valence-corrected chi connectivity index (χ1v) is 15.7. The molecule has 2 aromatic heterocycles. The van der Waals surface area contributed by atoms with Gasteiger partial charge in [-0.2, -0.15) is 13.2 Å². The number of hydrogen-bond acceptors (Lipinski definition) is 9. The van der Waals surface area contributed by atoms with E-state index in [9.17, 15) is 37.5 Å². The summed E-state index contributed by atoms with van der Waals surface area (Å²) in [6, 6.07) is -1.11. The average molecular weight is 656 g/mol. The molecule has 3 rings (SSSR count). The molecule has 2 amide bonds. The van der Waals surface area contributed by atoms with E-state index in [-0.39, 0.29) is 48.6 Å². The van der Waals surface area contributed by atoms with E-state index in [2.05, 4.69) is 20.3 Å². The highest BCUT2D eigenvalue weighted by Crippen LogP contribution is 2.33. The third kappa shape index (κ3) is 10.5. The second-order valence-electron chi connectivity index (χ2n) is 12.0. The number of carbonyl (C=O) groups excluding carboxylic acids is 3. The highest BCUT2D eigenvalue weighted by atomic mass is 32.1. The summed E-state index contributed by atoms with van der Waals surface area (Å²) >= 11 is 1.10. The Morgan fingerprint density at radius 1 is 1.13 bits per heavy atom. The summed E-state index contributed by atoms with van der Waals surface area (Å²) in [5.41, 5.74) is -1.04. The normalized spacial score (nSPS) is 16.3. The van der Waals surface area contributed by atoms with Crippen LogP contribution in [0.5, 0.6) is 0 Å². The number of ether oxygens (including phenoxy) is 1. The monoisotopic (exact) mass is 655 g/mol. The number of esters is 1. The summed E-state index contributed by atoms with van der Waals surface area (Å²) in [5, 5.41) is 13.9. The minimum Gasteiger partial charge on any atom is -0.481 e. The third-order valence-corrected chi connectivity index (χ3v) is 8.94. The van der Waals surface area contributed by atoms with E-state index < -0.39 is 47.6 Å². The molecule has 0 saturated heterocycles. The Kier molecular flexibility index (Phi) is 12.4. The molecule has 0 bridgehead atoms. The first kappa shape index (κ1) is 35.9. The van der Waals surface area contributed by atoms with Gasteiger partial charge >= 0.3 is 18.1 Å². The van der Waals surface area contributed by atoms with E-state index in [1.807, 2.05) is 13.8 Å². The molecule has 2 N–H and O–H groups in total. The molecular weight excluding hydrogens is 615 g/mol. The lowest BCUT2D eigenvalue weighted by molar-refractivity contribution is -0.148. The van der Waals surface area contributed by atoms with Crippen LogP contribution in [0.1, 0.15) is 99.2 Å². The van der Waals surface area contributed by atoms with Gasteiger partial charge in [0, 0.05) is 63.1 Å². The number of nitrogens with zero attached hydrogens (tertiary/aromatic N) is 4. The van der Waals surface area contributed by atoms with Crippen molar-refractivity contribution in [3.05, 3.63) is 39.9 Å². The fourth-order valence-electron chi connectivity index (χ4n) is 5.12. The van der Waals surface area contributed by atoms with Crippen molar-refractivity contribution in [1.82, 2.24) is 25.2 Å². The van der Waals surface area contributed by atoms with Crippen molar-refractivity contribution in [2.45, 2.75) is 97.0 Å². The van der Waals surface area contributed by atoms with Crippen molar-refractivity contribution in [2.24, 2.45) is 17.8 Å². The second-order valence-corrected chi connectivity index (χ2v) is 12.8. The van der Waals surface area contributed by atoms with E-state index in [1.165, 1.54) is 19.2 Å². The number of carboxylic acids is 1. The van der Waals surface area contributed by atoms with Gasteiger partial charge < -0.3 is 20.1 Å². The number of amides is 2. The lowest BCUT2D eigenvalue weighted by atomic mass is 9.82. The molecular formula is C30H40F3N5O6S. The van der Waals surface area contributed by atoms with Crippen molar-refractivity contribution in [1.29, 1.82) is 0 Å². The lowest BCUT2D eigenvalue weighted by Crippen LogP contribution is -2.42. The largest absolute Gasteiger partial charge is 0.481 e. The van der Waals surface area contributed by atoms with Gasteiger partial charge in [-0.1, -0.05) is 27.2 Å². The lowest BCUT2D eigenvalue weighted by Gasteiger charge is -2.35. The number of aliphatic carboxylic acids is 1. The molecule has 1 unspecified atom stereocenters. The number of carboxylic acid groups (broad SMARTS) is 1. The topological polar surface area (TPSA) is 152 Å². The molecule has 0 aliphatic heterocycles. The van der Waals surface area contributed by atoms with E-state index >= 15 is 0 Å². The predicted molar refractivity (Wildman–Crippen MR) is 158 cm³/mol. The van der Waals surface area contributed by atoms with Crippen LogP contribution in [-0.4, -0.2) is 67.8 Å². The molecule has 0 spiro atoms. The molecule has 1 fully saturated rings. The summed E-state index contributed by atoms with van der Waals surface area (Å²) in [5.74, 6) is -2.75.